The summed E-state index contributed by atoms with van der Waals surface area (Å²) in [6.07, 6.45) is 0. The Bertz CT molecular complexity index is 509. The Morgan fingerprint density at radius 3 is 2.57 bits per heavy atom. The first kappa shape index (κ1) is 17.8. The van der Waals surface area contributed by atoms with Crippen molar-refractivity contribution < 1.29 is 14.3 Å². The van der Waals surface area contributed by atoms with Crippen LogP contribution in [-0.4, -0.2) is 43.0 Å². The van der Waals surface area contributed by atoms with E-state index in [0.717, 1.165) is 0 Å². The van der Waals surface area contributed by atoms with Crippen LogP contribution in [0.2, 0.25) is 10.0 Å². The fraction of sp³-hybridized carbons (Fsp3) is 0.429. The summed E-state index contributed by atoms with van der Waals surface area (Å²) in [5.74, 6) is -0.627. The van der Waals surface area contributed by atoms with Crippen molar-refractivity contribution in [3.63, 3.8) is 0 Å². The Balaban J connectivity index is 2.58. The molecule has 0 aliphatic rings. The summed E-state index contributed by atoms with van der Waals surface area (Å²) in [6.45, 7) is 4.61. The lowest BCUT2D eigenvalue weighted by molar-refractivity contribution is -0.144. The highest BCUT2D eigenvalue weighted by Gasteiger charge is 2.15. The Kier molecular flexibility index (Phi) is 7.50. The van der Waals surface area contributed by atoms with Gasteiger partial charge in [0, 0.05) is 0 Å². The molecule has 0 spiro atoms. The number of anilines is 1. The lowest BCUT2D eigenvalue weighted by atomic mass is 10.3. The van der Waals surface area contributed by atoms with E-state index in [1.165, 1.54) is 0 Å². The maximum absolute atomic E-state index is 12.0. The van der Waals surface area contributed by atoms with E-state index in [0.29, 0.717) is 28.9 Å². The molecule has 116 valence electrons. The molecule has 1 aromatic carbocycles. The van der Waals surface area contributed by atoms with Crippen molar-refractivity contribution in [2.45, 2.75) is 13.8 Å². The molecule has 0 aliphatic carbocycles. The first-order chi connectivity index (χ1) is 9.97. The van der Waals surface area contributed by atoms with Crippen LogP contribution in [0, 0.1) is 0 Å². The molecule has 0 aliphatic heterocycles. The Labute approximate surface area is 134 Å². The molecule has 1 amide bonds. The number of benzene rings is 1. The number of hydrogen-bond acceptors (Lipinski definition) is 4. The molecule has 5 nitrogen and oxygen atoms in total. The van der Waals surface area contributed by atoms with Crippen LogP contribution in [0.1, 0.15) is 13.8 Å². The van der Waals surface area contributed by atoms with Crippen LogP contribution in [0.15, 0.2) is 18.2 Å². The highest BCUT2D eigenvalue weighted by atomic mass is 35.5. The molecular weight excluding hydrogens is 315 g/mol. The second-order valence-electron chi connectivity index (χ2n) is 4.26. The van der Waals surface area contributed by atoms with E-state index in [-0.39, 0.29) is 25.0 Å². The molecule has 0 bridgehead atoms. The number of carbonyl (C=O) groups excluding carboxylic acids is 2. The van der Waals surface area contributed by atoms with E-state index in [2.05, 4.69) is 5.32 Å². The topological polar surface area (TPSA) is 58.6 Å². The average molecular weight is 333 g/mol. The van der Waals surface area contributed by atoms with Gasteiger partial charge in [0.05, 0.1) is 35.4 Å². The number of likely N-dealkylation sites (N-methyl/N-ethyl adjacent to an activating group) is 1. The van der Waals surface area contributed by atoms with Gasteiger partial charge in [-0.1, -0.05) is 36.2 Å². The van der Waals surface area contributed by atoms with Crippen molar-refractivity contribution in [2.75, 3.05) is 31.6 Å². The number of carbonyl (C=O) groups is 2. The molecule has 0 heterocycles. The van der Waals surface area contributed by atoms with E-state index >= 15 is 0 Å². The van der Waals surface area contributed by atoms with Gasteiger partial charge >= 0.3 is 5.97 Å². The fourth-order valence-corrected chi connectivity index (χ4v) is 2.01. The highest BCUT2D eigenvalue weighted by Crippen LogP contribution is 2.29. The lowest BCUT2D eigenvalue weighted by Crippen LogP contribution is -2.37. The normalized spacial score (nSPS) is 10.5. The van der Waals surface area contributed by atoms with Crippen molar-refractivity contribution in [3.8, 4) is 0 Å². The van der Waals surface area contributed by atoms with Crippen LogP contribution in [0.25, 0.3) is 0 Å². The molecule has 0 radical (unpaired) electrons. The number of halogens is 2. The average Bonchev–Trinajstić information content (AvgIpc) is 2.43. The first-order valence-electron chi connectivity index (χ1n) is 6.59. The highest BCUT2D eigenvalue weighted by molar-refractivity contribution is 6.43. The van der Waals surface area contributed by atoms with Crippen molar-refractivity contribution in [2.24, 2.45) is 0 Å². The van der Waals surface area contributed by atoms with Crippen LogP contribution < -0.4 is 5.32 Å². The first-order valence-corrected chi connectivity index (χ1v) is 7.35. The minimum atomic E-state index is -0.354. The predicted octanol–water partition coefficient (Wildman–Crippen LogP) is 2.82. The van der Waals surface area contributed by atoms with Crippen LogP contribution >= 0.6 is 23.2 Å². The Morgan fingerprint density at radius 1 is 1.24 bits per heavy atom. The molecule has 0 fully saturated rings. The number of nitrogens with zero attached hydrogens (tertiary/aromatic N) is 1. The Morgan fingerprint density at radius 2 is 1.95 bits per heavy atom. The summed E-state index contributed by atoms with van der Waals surface area (Å²) in [5.41, 5.74) is 0.446. The van der Waals surface area contributed by atoms with Gasteiger partial charge in [-0.15, -0.1) is 0 Å². The summed E-state index contributed by atoms with van der Waals surface area (Å²) in [7, 11) is 0. The van der Waals surface area contributed by atoms with E-state index in [1.54, 1.807) is 30.0 Å². The van der Waals surface area contributed by atoms with E-state index in [1.807, 2.05) is 6.92 Å². The maximum Gasteiger partial charge on any atom is 0.320 e. The largest absolute Gasteiger partial charge is 0.465 e. The molecular formula is C14H18Cl2N2O3. The van der Waals surface area contributed by atoms with Crippen molar-refractivity contribution in [3.05, 3.63) is 28.2 Å². The zero-order chi connectivity index (χ0) is 15.8. The molecule has 0 unspecified atom stereocenters. The standard InChI is InChI=1S/C14H18Cl2N2O3/c1-3-18(9-13(20)21-4-2)8-12(19)17-11-7-5-6-10(15)14(11)16/h5-7H,3-4,8-9H2,1-2H3,(H,17,19). The van der Waals surface area contributed by atoms with E-state index < -0.39 is 0 Å². The van der Waals surface area contributed by atoms with Crippen molar-refractivity contribution in [1.82, 2.24) is 4.90 Å². The van der Waals surface area contributed by atoms with Gasteiger partial charge in [0.2, 0.25) is 5.91 Å². The molecule has 1 rings (SSSR count). The second kappa shape index (κ2) is 8.87. The van der Waals surface area contributed by atoms with Crippen LogP contribution in [0.5, 0.6) is 0 Å². The predicted molar refractivity (Wildman–Crippen MR) is 83.8 cm³/mol. The third-order valence-electron chi connectivity index (χ3n) is 2.70. The molecule has 1 aromatic rings. The fourth-order valence-electron chi connectivity index (χ4n) is 1.66. The summed E-state index contributed by atoms with van der Waals surface area (Å²) >= 11 is 11.9. The summed E-state index contributed by atoms with van der Waals surface area (Å²) in [5, 5.41) is 3.33. The smallest absolute Gasteiger partial charge is 0.320 e. The van der Waals surface area contributed by atoms with E-state index in [4.69, 9.17) is 27.9 Å². The summed E-state index contributed by atoms with van der Waals surface area (Å²) in [4.78, 5) is 25.1. The Hall–Kier alpha value is -1.30. The number of ether oxygens (including phenoxy) is 1. The third kappa shape index (κ3) is 5.91. The van der Waals surface area contributed by atoms with Gasteiger partial charge in [0.15, 0.2) is 0 Å². The molecule has 0 saturated carbocycles. The SMILES string of the molecule is CCOC(=O)CN(CC)CC(=O)Nc1cccc(Cl)c1Cl. The maximum atomic E-state index is 12.0. The number of rotatable bonds is 7. The zero-order valence-corrected chi connectivity index (χ0v) is 13.5. The lowest BCUT2D eigenvalue weighted by Gasteiger charge is -2.19. The third-order valence-corrected chi connectivity index (χ3v) is 3.52. The molecule has 1 N–H and O–H groups in total. The zero-order valence-electron chi connectivity index (χ0n) is 12.0. The number of nitrogens with one attached hydrogen (secondary N) is 1. The van der Waals surface area contributed by atoms with Crippen molar-refractivity contribution >= 4 is 40.8 Å². The quantitative estimate of drug-likeness (QED) is 0.780. The minimum absolute atomic E-state index is 0.0676. The number of amides is 1. The molecule has 7 heteroatoms. The molecule has 0 aromatic heterocycles. The van der Waals surface area contributed by atoms with Gasteiger partial charge < -0.3 is 10.1 Å². The number of hydrogen-bond donors (Lipinski definition) is 1. The molecule has 0 saturated heterocycles. The van der Waals surface area contributed by atoms with Gasteiger partial charge in [-0.2, -0.15) is 0 Å². The van der Waals surface area contributed by atoms with Crippen LogP contribution in [0.4, 0.5) is 5.69 Å². The van der Waals surface area contributed by atoms with E-state index in [9.17, 15) is 9.59 Å². The summed E-state index contributed by atoms with van der Waals surface area (Å²) < 4.78 is 4.86. The van der Waals surface area contributed by atoms with Gasteiger partial charge in [-0.3, -0.25) is 14.5 Å². The van der Waals surface area contributed by atoms with Gasteiger partial charge in [0.1, 0.15) is 0 Å². The summed E-state index contributed by atoms with van der Waals surface area (Å²) in [6, 6.07) is 4.99. The van der Waals surface area contributed by atoms with Gasteiger partial charge in [-0.05, 0) is 25.6 Å². The van der Waals surface area contributed by atoms with Crippen LogP contribution in [-0.2, 0) is 14.3 Å². The van der Waals surface area contributed by atoms with Gasteiger partial charge in [0.25, 0.3) is 0 Å². The molecule has 21 heavy (non-hydrogen) atoms. The van der Waals surface area contributed by atoms with Gasteiger partial charge in [-0.25, -0.2) is 0 Å². The number of esters is 1. The monoisotopic (exact) mass is 332 g/mol. The molecule has 0 atom stereocenters. The minimum Gasteiger partial charge on any atom is -0.465 e. The van der Waals surface area contributed by atoms with Crippen molar-refractivity contribution in [1.29, 1.82) is 0 Å². The van der Waals surface area contributed by atoms with Crippen LogP contribution in [0.3, 0.4) is 0 Å². The second-order valence-corrected chi connectivity index (χ2v) is 5.04.